The number of aromatic nitrogens is 2. The van der Waals surface area contributed by atoms with Crippen molar-refractivity contribution in [3.8, 4) is 11.8 Å². The molecule has 0 radical (unpaired) electrons. The van der Waals surface area contributed by atoms with Gasteiger partial charge in [-0.05, 0) is 28.1 Å². The molecular weight excluding hydrogens is 362 g/mol. The Hall–Kier alpha value is -1.87. The third kappa shape index (κ3) is 3.61. The maximum atomic E-state index is 12.3. The minimum Gasteiger partial charge on any atom is -0.481 e. The lowest BCUT2D eigenvalue weighted by atomic mass is 10.4. The van der Waals surface area contributed by atoms with Crippen LogP contribution in [0, 0.1) is 0 Å². The van der Waals surface area contributed by atoms with Crippen molar-refractivity contribution < 1.29 is 17.9 Å². The topological polar surface area (TPSA) is 90.4 Å². The van der Waals surface area contributed by atoms with Gasteiger partial charge in [-0.15, -0.1) is 0 Å². The van der Waals surface area contributed by atoms with Crippen LogP contribution in [0.25, 0.3) is 0 Å². The van der Waals surface area contributed by atoms with Gasteiger partial charge in [0.05, 0.1) is 20.3 Å². The molecule has 0 aliphatic carbocycles. The van der Waals surface area contributed by atoms with Crippen LogP contribution in [0.1, 0.15) is 0 Å². The Morgan fingerprint density at radius 2 is 1.67 bits per heavy atom. The van der Waals surface area contributed by atoms with E-state index in [0.717, 1.165) is 0 Å². The molecule has 0 unspecified atom stereocenters. The summed E-state index contributed by atoms with van der Waals surface area (Å²) in [5, 5.41) is 0. The molecule has 0 saturated carbocycles. The van der Waals surface area contributed by atoms with Crippen LogP contribution in [0.3, 0.4) is 0 Å². The minimum absolute atomic E-state index is 0.0791. The molecule has 0 fully saturated rings. The van der Waals surface area contributed by atoms with Gasteiger partial charge in [0, 0.05) is 4.47 Å². The number of methoxy groups -OCH3 is 2. The Morgan fingerprint density at radius 3 is 2.19 bits per heavy atom. The van der Waals surface area contributed by atoms with Gasteiger partial charge < -0.3 is 9.47 Å². The third-order valence-corrected chi connectivity index (χ3v) is 4.79. The van der Waals surface area contributed by atoms with Crippen LogP contribution in [0.4, 0.5) is 5.95 Å². The monoisotopic (exact) mass is 373 g/mol. The van der Waals surface area contributed by atoms with E-state index in [9.17, 15) is 8.42 Å². The first-order valence-electron chi connectivity index (χ1n) is 5.70. The summed E-state index contributed by atoms with van der Waals surface area (Å²) in [5.74, 6) is 0.236. The zero-order valence-electron chi connectivity index (χ0n) is 11.2. The maximum Gasteiger partial charge on any atom is 0.265 e. The second-order valence-electron chi connectivity index (χ2n) is 3.81. The Kier molecular flexibility index (Phi) is 4.63. The maximum absolute atomic E-state index is 12.3. The molecule has 2 rings (SSSR count). The molecule has 0 saturated heterocycles. The van der Waals surface area contributed by atoms with Gasteiger partial charge in [0.15, 0.2) is 0 Å². The van der Waals surface area contributed by atoms with Gasteiger partial charge in [-0.25, -0.2) is 13.1 Å². The summed E-state index contributed by atoms with van der Waals surface area (Å²) in [7, 11) is -1.01. The molecule has 2 aromatic rings. The molecule has 0 atom stereocenters. The first-order valence-corrected chi connectivity index (χ1v) is 7.98. The van der Waals surface area contributed by atoms with Gasteiger partial charge in [-0.2, -0.15) is 9.97 Å². The summed E-state index contributed by atoms with van der Waals surface area (Å²) in [6, 6.07) is 7.86. The first kappa shape index (κ1) is 15.5. The molecule has 0 amide bonds. The van der Waals surface area contributed by atoms with E-state index in [1.54, 1.807) is 18.2 Å². The largest absolute Gasteiger partial charge is 0.481 e. The van der Waals surface area contributed by atoms with Crippen LogP contribution in [-0.4, -0.2) is 32.6 Å². The summed E-state index contributed by atoms with van der Waals surface area (Å²) < 4.78 is 37.3. The number of hydrogen-bond acceptors (Lipinski definition) is 6. The lowest BCUT2D eigenvalue weighted by Gasteiger charge is -2.10. The number of benzene rings is 1. The quantitative estimate of drug-likeness (QED) is 0.862. The number of anilines is 1. The molecular formula is C12H12BrN3O4S. The minimum atomic E-state index is -3.83. The molecule has 0 aliphatic heterocycles. The Morgan fingerprint density at radius 1 is 1.10 bits per heavy atom. The highest BCUT2D eigenvalue weighted by Gasteiger charge is 2.19. The van der Waals surface area contributed by atoms with Crippen molar-refractivity contribution in [3.63, 3.8) is 0 Å². The van der Waals surface area contributed by atoms with Crippen LogP contribution in [0.15, 0.2) is 39.7 Å². The molecule has 7 nitrogen and oxygen atoms in total. The number of nitrogens with zero attached hydrogens (tertiary/aromatic N) is 2. The molecule has 21 heavy (non-hydrogen) atoms. The van der Waals surface area contributed by atoms with E-state index in [0.29, 0.717) is 4.47 Å². The van der Waals surface area contributed by atoms with Crippen molar-refractivity contribution in [2.75, 3.05) is 18.9 Å². The van der Waals surface area contributed by atoms with Crippen LogP contribution >= 0.6 is 15.9 Å². The molecule has 1 heterocycles. The summed E-state index contributed by atoms with van der Waals surface area (Å²) in [6.07, 6.45) is 0. The smallest absolute Gasteiger partial charge is 0.265 e. The van der Waals surface area contributed by atoms with Gasteiger partial charge in [0.25, 0.3) is 10.0 Å². The van der Waals surface area contributed by atoms with E-state index in [2.05, 4.69) is 30.6 Å². The second kappa shape index (κ2) is 6.27. The average molecular weight is 374 g/mol. The van der Waals surface area contributed by atoms with Crippen molar-refractivity contribution in [2.24, 2.45) is 0 Å². The fourth-order valence-corrected chi connectivity index (χ4v) is 3.44. The van der Waals surface area contributed by atoms with Gasteiger partial charge in [-0.1, -0.05) is 12.1 Å². The van der Waals surface area contributed by atoms with Gasteiger partial charge in [-0.3, -0.25) is 0 Å². The van der Waals surface area contributed by atoms with Crippen molar-refractivity contribution in [3.05, 3.63) is 34.8 Å². The van der Waals surface area contributed by atoms with E-state index in [1.165, 1.54) is 26.4 Å². The van der Waals surface area contributed by atoms with Crippen LogP contribution < -0.4 is 14.2 Å². The van der Waals surface area contributed by atoms with Crippen LogP contribution in [0.2, 0.25) is 0 Å². The zero-order valence-corrected chi connectivity index (χ0v) is 13.6. The fourth-order valence-electron chi connectivity index (χ4n) is 1.50. The molecule has 0 spiro atoms. The Balaban J connectivity index is 2.39. The third-order valence-electron chi connectivity index (χ3n) is 2.45. The van der Waals surface area contributed by atoms with Crippen LogP contribution in [-0.2, 0) is 10.0 Å². The van der Waals surface area contributed by atoms with Gasteiger partial charge >= 0.3 is 0 Å². The number of hydrogen-bond donors (Lipinski definition) is 1. The van der Waals surface area contributed by atoms with Crippen LogP contribution in [0.5, 0.6) is 11.8 Å². The van der Waals surface area contributed by atoms with Crippen molar-refractivity contribution in [1.29, 1.82) is 0 Å². The Labute approximate surface area is 130 Å². The molecule has 1 N–H and O–H groups in total. The predicted molar refractivity (Wildman–Crippen MR) is 80.1 cm³/mol. The van der Waals surface area contributed by atoms with E-state index >= 15 is 0 Å². The molecule has 0 aliphatic rings. The fraction of sp³-hybridized carbons (Fsp3) is 0.167. The Bertz CT molecular complexity index is 730. The molecule has 1 aromatic heterocycles. The number of sulfonamides is 1. The van der Waals surface area contributed by atoms with E-state index < -0.39 is 10.0 Å². The number of halogens is 1. The molecule has 112 valence electrons. The molecule has 9 heteroatoms. The number of ether oxygens (including phenoxy) is 2. The number of nitrogens with one attached hydrogen (secondary N) is 1. The average Bonchev–Trinajstić information content (AvgIpc) is 2.46. The van der Waals surface area contributed by atoms with E-state index in [-0.39, 0.29) is 22.6 Å². The van der Waals surface area contributed by atoms with Gasteiger partial charge in [0.1, 0.15) is 4.90 Å². The first-order chi connectivity index (χ1) is 9.96. The lowest BCUT2D eigenvalue weighted by Crippen LogP contribution is -2.16. The zero-order chi connectivity index (χ0) is 15.5. The number of rotatable bonds is 5. The summed E-state index contributed by atoms with van der Waals surface area (Å²) in [4.78, 5) is 7.92. The standard InChI is InChI=1S/C12H12BrN3O4S/c1-19-10-7-11(20-2)15-12(14-10)16-21(17,18)9-6-4-3-5-8(9)13/h3-7H,1-2H3,(H,14,15,16). The van der Waals surface area contributed by atoms with Crippen molar-refractivity contribution >= 4 is 31.9 Å². The highest BCUT2D eigenvalue weighted by Crippen LogP contribution is 2.24. The van der Waals surface area contributed by atoms with E-state index in [1.807, 2.05) is 0 Å². The second-order valence-corrected chi connectivity index (χ2v) is 6.32. The summed E-state index contributed by atoms with van der Waals surface area (Å²) >= 11 is 3.19. The van der Waals surface area contributed by atoms with Gasteiger partial charge in [0.2, 0.25) is 17.7 Å². The highest BCUT2D eigenvalue weighted by molar-refractivity contribution is 9.10. The van der Waals surface area contributed by atoms with E-state index in [4.69, 9.17) is 9.47 Å². The summed E-state index contributed by atoms with van der Waals surface area (Å²) in [5.41, 5.74) is 0. The lowest BCUT2D eigenvalue weighted by molar-refractivity contribution is 0.373. The van der Waals surface area contributed by atoms with Crippen molar-refractivity contribution in [1.82, 2.24) is 9.97 Å². The molecule has 0 bridgehead atoms. The normalized spacial score (nSPS) is 11.0. The highest BCUT2D eigenvalue weighted by atomic mass is 79.9. The summed E-state index contributed by atoms with van der Waals surface area (Å²) in [6.45, 7) is 0. The van der Waals surface area contributed by atoms with Crippen molar-refractivity contribution in [2.45, 2.75) is 4.90 Å². The predicted octanol–water partition coefficient (Wildman–Crippen LogP) is 2.06. The molecule has 1 aromatic carbocycles. The SMILES string of the molecule is COc1cc(OC)nc(NS(=O)(=O)c2ccccc2Br)n1.